The van der Waals surface area contributed by atoms with Crippen molar-refractivity contribution in [2.75, 3.05) is 18.0 Å². The highest BCUT2D eigenvalue weighted by atomic mass is 15.2. The maximum atomic E-state index is 4.35. The summed E-state index contributed by atoms with van der Waals surface area (Å²) in [6.45, 7) is 20.8. The van der Waals surface area contributed by atoms with Crippen molar-refractivity contribution >= 4 is 22.7 Å². The van der Waals surface area contributed by atoms with E-state index in [1.54, 1.807) is 0 Å². The molecule has 0 bridgehead atoms. The molecule has 2 aliphatic heterocycles. The molecule has 0 atom stereocenters. The molecular weight excluding hydrogens is 571 g/mol. The highest BCUT2D eigenvalue weighted by Gasteiger charge is 2.44. The number of aromatic nitrogens is 1. The number of anilines is 1. The molecule has 3 heterocycles. The van der Waals surface area contributed by atoms with E-state index in [0.29, 0.717) is 0 Å². The van der Waals surface area contributed by atoms with Gasteiger partial charge in [-0.3, -0.25) is 4.98 Å². The molecule has 3 aromatic rings. The minimum Gasteiger partial charge on any atom is -0.344 e. The maximum absolute atomic E-state index is 4.35. The molecule has 0 N–H and O–H groups in total. The van der Waals surface area contributed by atoms with Crippen molar-refractivity contribution in [1.82, 2.24) is 4.98 Å². The second-order valence-electron chi connectivity index (χ2n) is 14.6. The summed E-state index contributed by atoms with van der Waals surface area (Å²) in [5.74, 6) is 0. The van der Waals surface area contributed by atoms with Crippen molar-refractivity contribution in [3.8, 4) is 0 Å². The number of benzene rings is 2. The van der Waals surface area contributed by atoms with Crippen LogP contribution in [0.2, 0.25) is 0 Å². The van der Waals surface area contributed by atoms with Gasteiger partial charge in [-0.1, -0.05) is 78.7 Å². The van der Waals surface area contributed by atoms with Crippen molar-refractivity contribution in [2.24, 2.45) is 0 Å². The monoisotopic (exact) mass is 628 g/mol. The number of rotatable bonds is 14. The summed E-state index contributed by atoms with van der Waals surface area (Å²) < 4.78 is 2.56. The first-order valence-electron chi connectivity index (χ1n) is 18.4. The largest absolute Gasteiger partial charge is 0.344 e. The van der Waals surface area contributed by atoms with E-state index >= 15 is 0 Å². The lowest BCUT2D eigenvalue weighted by molar-refractivity contribution is -0.437. The second-order valence-corrected chi connectivity index (χ2v) is 14.6. The predicted octanol–water partition coefficient (Wildman–Crippen LogP) is 11.3. The van der Waals surface area contributed by atoms with Gasteiger partial charge in [0.05, 0.1) is 5.41 Å². The molecule has 0 unspecified atom stereocenters. The Morgan fingerprint density at radius 3 is 2.06 bits per heavy atom. The highest BCUT2D eigenvalue weighted by molar-refractivity contribution is 6.04. The maximum Gasteiger partial charge on any atom is 0.209 e. The zero-order valence-corrected chi connectivity index (χ0v) is 30.5. The molecule has 3 nitrogen and oxygen atoms in total. The molecule has 5 rings (SSSR count). The fourth-order valence-electron chi connectivity index (χ4n) is 7.58. The number of pyridine rings is 1. The molecule has 0 fully saturated rings. The van der Waals surface area contributed by atoms with Gasteiger partial charge in [-0.05, 0) is 110 Å². The smallest absolute Gasteiger partial charge is 0.209 e. The summed E-state index contributed by atoms with van der Waals surface area (Å²) in [5, 5.41) is 0. The second kappa shape index (κ2) is 15.0. The van der Waals surface area contributed by atoms with Crippen molar-refractivity contribution in [2.45, 2.75) is 118 Å². The SMILES string of the molecule is CCCCc1ccc2c(c1)C(C)(C)C(/C=C/C(=C/C=C1/N(CCC)c3ccc(CCCC)cc3C1(C)C)c1ccncc1)=[N+]2CCC. The number of allylic oxidation sites excluding steroid dienone is 6. The summed E-state index contributed by atoms with van der Waals surface area (Å²) in [5.41, 5.74) is 13.5. The number of hydrogen-bond donors (Lipinski definition) is 0. The van der Waals surface area contributed by atoms with Crippen LogP contribution in [0.4, 0.5) is 11.4 Å². The number of aryl methyl sites for hydroxylation is 2. The molecule has 2 aliphatic rings. The molecule has 0 aliphatic carbocycles. The normalized spacial score (nSPS) is 17.7. The Bertz CT molecular complexity index is 1670. The van der Waals surface area contributed by atoms with Crippen LogP contribution in [0.25, 0.3) is 5.57 Å². The lowest BCUT2D eigenvalue weighted by atomic mass is 9.80. The molecule has 2 aromatic carbocycles. The molecule has 0 saturated carbocycles. The number of unbranched alkanes of at least 4 members (excludes halogenated alkanes) is 2. The summed E-state index contributed by atoms with van der Waals surface area (Å²) in [6.07, 6.45) is 22.7. The van der Waals surface area contributed by atoms with Crippen LogP contribution in [0.3, 0.4) is 0 Å². The minimum atomic E-state index is -0.0759. The van der Waals surface area contributed by atoms with Crippen LogP contribution in [0.1, 0.15) is 122 Å². The Balaban J connectivity index is 1.57. The van der Waals surface area contributed by atoms with Crippen molar-refractivity contribution < 1.29 is 4.58 Å². The standard InChI is InChI=1S/C44H58N3/c1-9-13-15-33-17-21-39-37(31-33)43(5,6)41(46(39)29-11-3)23-19-35(36-25-27-45-28-26-36)20-24-42-44(7,8)38-32-34(16-14-10-2)18-22-40(38)47(42)30-12-4/h17-28,31-32H,9-16,29-30H2,1-8H3/q+1. The third kappa shape index (κ3) is 7.10. The molecule has 248 valence electrons. The number of fused-ring (bicyclic) bond motifs is 2. The Morgan fingerprint density at radius 2 is 1.43 bits per heavy atom. The average molecular weight is 629 g/mol. The summed E-state index contributed by atoms with van der Waals surface area (Å²) in [6, 6.07) is 18.7. The van der Waals surface area contributed by atoms with Gasteiger partial charge in [-0.15, -0.1) is 0 Å². The van der Waals surface area contributed by atoms with E-state index in [1.165, 1.54) is 81.9 Å². The van der Waals surface area contributed by atoms with Crippen LogP contribution in [-0.4, -0.2) is 28.4 Å². The predicted molar refractivity (Wildman–Crippen MR) is 203 cm³/mol. The van der Waals surface area contributed by atoms with E-state index in [9.17, 15) is 0 Å². The summed E-state index contributed by atoms with van der Waals surface area (Å²) in [7, 11) is 0. The zero-order chi connectivity index (χ0) is 33.6. The molecule has 3 heteroatoms. The fraction of sp³-hybridized carbons (Fsp3) is 0.455. The average Bonchev–Trinajstić information content (AvgIpc) is 3.41. The van der Waals surface area contributed by atoms with Gasteiger partial charge in [0.25, 0.3) is 0 Å². The van der Waals surface area contributed by atoms with Gasteiger partial charge in [-0.2, -0.15) is 4.58 Å². The van der Waals surface area contributed by atoms with Gasteiger partial charge in [0, 0.05) is 59.9 Å². The fourth-order valence-corrected chi connectivity index (χ4v) is 7.58. The first-order valence-corrected chi connectivity index (χ1v) is 18.4. The van der Waals surface area contributed by atoms with Gasteiger partial charge in [0.15, 0.2) is 5.71 Å². The van der Waals surface area contributed by atoms with Gasteiger partial charge in [0.2, 0.25) is 5.69 Å². The van der Waals surface area contributed by atoms with Crippen LogP contribution in [0, 0.1) is 0 Å². The van der Waals surface area contributed by atoms with Crippen LogP contribution in [0.15, 0.2) is 90.9 Å². The molecule has 0 radical (unpaired) electrons. The zero-order valence-electron chi connectivity index (χ0n) is 30.5. The van der Waals surface area contributed by atoms with Gasteiger partial charge in [0.1, 0.15) is 6.54 Å². The van der Waals surface area contributed by atoms with Crippen LogP contribution in [0.5, 0.6) is 0 Å². The van der Waals surface area contributed by atoms with Crippen molar-refractivity contribution in [3.63, 3.8) is 0 Å². The Labute approximate surface area is 285 Å². The third-order valence-corrected chi connectivity index (χ3v) is 10.3. The molecule has 1 aromatic heterocycles. The summed E-state index contributed by atoms with van der Waals surface area (Å²) in [4.78, 5) is 6.91. The first kappa shape index (κ1) is 34.6. The van der Waals surface area contributed by atoms with Crippen molar-refractivity contribution in [3.05, 3.63) is 119 Å². The van der Waals surface area contributed by atoms with Gasteiger partial charge in [-0.25, -0.2) is 0 Å². The van der Waals surface area contributed by atoms with Crippen LogP contribution >= 0.6 is 0 Å². The van der Waals surface area contributed by atoms with Crippen molar-refractivity contribution in [1.29, 1.82) is 0 Å². The van der Waals surface area contributed by atoms with Crippen LogP contribution < -0.4 is 4.90 Å². The van der Waals surface area contributed by atoms with E-state index < -0.39 is 0 Å². The molecular formula is C44H58N3+. The van der Waals surface area contributed by atoms with E-state index in [4.69, 9.17) is 0 Å². The molecule has 0 amide bonds. The Hall–Kier alpha value is -3.72. The first-order chi connectivity index (χ1) is 22.7. The molecule has 0 saturated heterocycles. The van der Waals surface area contributed by atoms with E-state index in [0.717, 1.165) is 38.8 Å². The lowest BCUT2D eigenvalue weighted by Gasteiger charge is -2.26. The third-order valence-electron chi connectivity index (χ3n) is 10.3. The Morgan fingerprint density at radius 1 is 0.766 bits per heavy atom. The Kier molecular flexibility index (Phi) is 11.1. The quantitative estimate of drug-likeness (QED) is 0.131. The molecule has 0 spiro atoms. The van der Waals surface area contributed by atoms with E-state index in [2.05, 4.69) is 143 Å². The minimum absolute atomic E-state index is 0.0759. The van der Waals surface area contributed by atoms with Gasteiger partial charge >= 0.3 is 0 Å². The van der Waals surface area contributed by atoms with Crippen LogP contribution in [-0.2, 0) is 23.7 Å². The molecule has 47 heavy (non-hydrogen) atoms. The number of nitrogens with zero attached hydrogens (tertiary/aromatic N) is 3. The topological polar surface area (TPSA) is 19.1 Å². The number of hydrogen-bond acceptors (Lipinski definition) is 2. The van der Waals surface area contributed by atoms with E-state index in [1.807, 2.05) is 12.4 Å². The lowest BCUT2D eigenvalue weighted by Crippen LogP contribution is -2.28. The highest BCUT2D eigenvalue weighted by Crippen LogP contribution is 2.48. The van der Waals surface area contributed by atoms with E-state index in [-0.39, 0.29) is 10.8 Å². The summed E-state index contributed by atoms with van der Waals surface area (Å²) >= 11 is 0. The van der Waals surface area contributed by atoms with Gasteiger partial charge < -0.3 is 4.90 Å².